The van der Waals surface area contributed by atoms with Crippen LogP contribution in [0.15, 0.2) is 102 Å². The fourth-order valence-electron chi connectivity index (χ4n) is 13.7. The van der Waals surface area contributed by atoms with Gasteiger partial charge in [0.1, 0.15) is 42.7 Å². The standard InChI is InChI=1S/C68H89NO18/c1-7-8-9-10-11-12-13-14-15-16-17-18-19-20-30-37-54-79-40-50(83-54)41-80-65(77)85-58(56(47-31-24-21-25-32-47)69-62(74)48-33-26-22-27-34-48)64(76)84-51-39-67(78)44(3)55(43(51)2)57(82-45(4)70)60(73)66(6)52(72)38-53-68(42-81-53,87-46(5)71)59(66)61(67)86-63(75)49-35-28-23-29-36-49/h21-29,31-36,44,50-54,56-59,61,72,78H,7-20,30,37-42H2,1-6H3,(H,69,74)/t44?,50-,51-,52-,53+,54?,56-,57+,58+,59-,61-,66+,67-,68-/m0/s1. The molecule has 87 heavy (non-hydrogen) atoms. The van der Waals surface area contributed by atoms with Gasteiger partial charge in [0.25, 0.3) is 5.91 Å². The molecule has 2 heterocycles. The van der Waals surface area contributed by atoms with E-state index in [0.717, 1.165) is 33.1 Å². The van der Waals surface area contributed by atoms with Crippen LogP contribution < -0.4 is 5.32 Å². The number of carbonyl (C=O) groups is 7. The number of carbonyl (C=O) groups excluding carboxylic acids is 7. The Bertz CT molecular complexity index is 2850. The van der Waals surface area contributed by atoms with Crippen LogP contribution in [0.1, 0.15) is 189 Å². The highest BCUT2D eigenvalue weighted by Crippen LogP contribution is 2.62. The van der Waals surface area contributed by atoms with Crippen LogP contribution in [0, 0.1) is 17.3 Å². The number of Topliss-reactive ketones (excluding diaryl/α,β-unsaturated/α-hetero) is 1. The van der Waals surface area contributed by atoms with Crippen LogP contribution in [0.2, 0.25) is 0 Å². The summed E-state index contributed by atoms with van der Waals surface area (Å²) in [6, 6.07) is 22.7. The molecule has 4 fully saturated rings. The number of esters is 4. The summed E-state index contributed by atoms with van der Waals surface area (Å²) in [5.74, 6) is -8.33. The third-order valence-corrected chi connectivity index (χ3v) is 18.5. The summed E-state index contributed by atoms with van der Waals surface area (Å²) in [5, 5.41) is 28.9. The number of ether oxygens (including phenoxy) is 9. The number of amides is 1. The van der Waals surface area contributed by atoms with Gasteiger partial charge in [-0.3, -0.25) is 19.2 Å². The number of hydrogen-bond donors (Lipinski definition) is 3. The van der Waals surface area contributed by atoms with Crippen molar-refractivity contribution in [3.63, 3.8) is 0 Å². The van der Waals surface area contributed by atoms with Crippen LogP contribution in [-0.2, 0) is 61.8 Å². The molecule has 5 aliphatic rings. The molecule has 3 N–H and O–H groups in total. The van der Waals surface area contributed by atoms with E-state index >= 15 is 9.59 Å². The van der Waals surface area contributed by atoms with Gasteiger partial charge < -0.3 is 58.2 Å². The van der Waals surface area contributed by atoms with Crippen LogP contribution in [0.3, 0.4) is 0 Å². The van der Waals surface area contributed by atoms with E-state index in [4.69, 9.17) is 42.6 Å². The lowest BCUT2D eigenvalue weighted by Crippen LogP contribution is -2.81. The second kappa shape index (κ2) is 30.6. The maximum atomic E-state index is 15.7. The number of aliphatic hydroxyl groups is 2. The van der Waals surface area contributed by atoms with Crippen LogP contribution in [0.5, 0.6) is 0 Å². The van der Waals surface area contributed by atoms with Gasteiger partial charge in [0.15, 0.2) is 23.8 Å². The number of unbranched alkanes of at least 4 members (excludes halogenated alkanes) is 14. The van der Waals surface area contributed by atoms with E-state index < -0.39 is 132 Å². The molecule has 3 aromatic rings. The van der Waals surface area contributed by atoms with Crippen LogP contribution in [0.4, 0.5) is 4.79 Å². The fraction of sp³-hybridized carbons (Fsp3) is 0.603. The minimum absolute atomic E-state index is 0.0338. The van der Waals surface area contributed by atoms with Gasteiger partial charge in [-0.2, -0.15) is 0 Å². The lowest BCUT2D eigenvalue weighted by molar-refractivity contribution is -0.343. The zero-order valence-electron chi connectivity index (χ0n) is 51.3. The Labute approximate surface area is 510 Å². The zero-order valence-corrected chi connectivity index (χ0v) is 51.3. The van der Waals surface area contributed by atoms with Gasteiger partial charge >= 0.3 is 30.0 Å². The number of hydrogen-bond acceptors (Lipinski definition) is 18. The first-order valence-electron chi connectivity index (χ1n) is 31.4. The molecule has 19 nitrogen and oxygen atoms in total. The number of ketones is 1. The Hall–Kier alpha value is -6.51. The molecule has 8 rings (SSSR count). The monoisotopic (exact) mass is 1210 g/mol. The summed E-state index contributed by atoms with van der Waals surface area (Å²) < 4.78 is 54.5. The van der Waals surface area contributed by atoms with Gasteiger partial charge in [-0.05, 0) is 67.7 Å². The number of nitrogens with one attached hydrogen (secondary N) is 1. The summed E-state index contributed by atoms with van der Waals surface area (Å²) >= 11 is 0. The first-order valence-corrected chi connectivity index (χ1v) is 31.4. The number of rotatable bonds is 29. The fourth-order valence-corrected chi connectivity index (χ4v) is 13.7. The van der Waals surface area contributed by atoms with E-state index in [1.54, 1.807) is 78.9 Å². The van der Waals surface area contributed by atoms with Crippen LogP contribution in [-0.4, -0.2) is 132 Å². The molecule has 1 amide bonds. The van der Waals surface area contributed by atoms with E-state index in [0.29, 0.717) is 12.0 Å². The Morgan fingerprint density at radius 1 is 0.736 bits per heavy atom. The van der Waals surface area contributed by atoms with Gasteiger partial charge in [0.05, 0.1) is 36.2 Å². The molecule has 0 aromatic heterocycles. The van der Waals surface area contributed by atoms with Gasteiger partial charge in [-0.25, -0.2) is 14.4 Å². The molecule has 3 aromatic carbocycles. The first-order chi connectivity index (χ1) is 41.8. The predicted octanol–water partition coefficient (Wildman–Crippen LogP) is 10.5. The largest absolute Gasteiger partial charge is 0.509 e. The second-order valence-corrected chi connectivity index (χ2v) is 24.5. The highest BCUT2D eigenvalue weighted by molar-refractivity contribution is 5.96. The van der Waals surface area contributed by atoms with E-state index in [2.05, 4.69) is 12.2 Å². The first kappa shape index (κ1) is 66.4. The van der Waals surface area contributed by atoms with Gasteiger partial charge in [0.2, 0.25) is 6.10 Å². The Balaban J connectivity index is 1.04. The molecular weight excluding hydrogens is 1120 g/mol. The number of aliphatic hydroxyl groups excluding tert-OH is 1. The van der Waals surface area contributed by atoms with Gasteiger partial charge in [-0.15, -0.1) is 0 Å². The van der Waals surface area contributed by atoms with Crippen LogP contribution in [0.25, 0.3) is 0 Å². The highest BCUT2D eigenvalue weighted by Gasteiger charge is 2.77. The number of benzene rings is 3. The average Bonchev–Trinajstić information content (AvgIpc) is 0.821. The number of fused-ring (bicyclic) bond motifs is 5. The Morgan fingerprint density at radius 2 is 1.31 bits per heavy atom. The Kier molecular flexibility index (Phi) is 23.4. The minimum atomic E-state index is -2.43. The molecule has 474 valence electrons. The summed E-state index contributed by atoms with van der Waals surface area (Å²) in [6.07, 6.45) is 6.00. The molecule has 2 saturated carbocycles. The van der Waals surface area contributed by atoms with Crippen LogP contribution >= 0.6 is 0 Å². The molecule has 0 radical (unpaired) electrons. The summed E-state index contributed by atoms with van der Waals surface area (Å²) in [6.45, 7) is 8.40. The predicted molar refractivity (Wildman–Crippen MR) is 317 cm³/mol. The smallest absolute Gasteiger partial charge is 0.455 e. The third kappa shape index (κ3) is 15.7. The molecule has 14 atom stereocenters. The van der Waals surface area contributed by atoms with E-state index in [1.807, 2.05) is 0 Å². The van der Waals surface area contributed by atoms with Crippen molar-refractivity contribution < 1.29 is 86.4 Å². The van der Waals surface area contributed by atoms with Crippen molar-refractivity contribution >= 4 is 41.7 Å². The van der Waals surface area contributed by atoms with Crippen molar-refractivity contribution in [1.29, 1.82) is 0 Å². The highest BCUT2D eigenvalue weighted by atomic mass is 16.8. The summed E-state index contributed by atoms with van der Waals surface area (Å²) in [7, 11) is 0. The molecule has 2 saturated heterocycles. The maximum Gasteiger partial charge on any atom is 0.509 e. The third-order valence-electron chi connectivity index (χ3n) is 18.5. The van der Waals surface area contributed by atoms with Gasteiger partial charge in [0, 0.05) is 38.2 Å². The average molecular weight is 1210 g/mol. The zero-order chi connectivity index (χ0) is 62.3. The maximum absolute atomic E-state index is 15.7. The van der Waals surface area contributed by atoms with Crippen molar-refractivity contribution in [1.82, 2.24) is 5.32 Å². The van der Waals surface area contributed by atoms with Gasteiger partial charge in [-0.1, -0.05) is 170 Å². The Morgan fingerprint density at radius 3 is 1.87 bits per heavy atom. The molecule has 0 spiro atoms. The normalized spacial score (nSPS) is 28.9. The van der Waals surface area contributed by atoms with Crippen molar-refractivity contribution in [3.05, 3.63) is 119 Å². The molecule has 3 aliphatic carbocycles. The quantitative estimate of drug-likeness (QED) is 0.0253. The SMILES string of the molecule is CCCCCCCCCCCCCCCCCC1OC[C@@H](COC(=O)O[C@@H](C(=O)O[C@H]2C[C@]3(O)C(C)C(=C2C)[C@@H](OC(C)=O)C(=O)[C@@]2(C)[C@H]([C@@H]3OC(=O)c3ccccc3)[C@]3(OC(C)=O)CO[C@@H]3C[C@@H]2O)[C@@H](NC(=O)c2ccccc2)c2ccccc2)O1. The van der Waals surface area contributed by atoms with Crippen molar-refractivity contribution in [3.8, 4) is 0 Å². The van der Waals surface area contributed by atoms with Crippen molar-refractivity contribution in [2.45, 2.75) is 223 Å². The van der Waals surface area contributed by atoms with Crippen molar-refractivity contribution in [2.24, 2.45) is 17.3 Å². The molecular formula is C68H89NO18. The topological polar surface area (TPSA) is 255 Å². The molecule has 19 heteroatoms. The van der Waals surface area contributed by atoms with E-state index in [1.165, 1.54) is 110 Å². The summed E-state index contributed by atoms with van der Waals surface area (Å²) in [4.78, 5) is 100. The molecule has 2 aliphatic heterocycles. The van der Waals surface area contributed by atoms with E-state index in [-0.39, 0.29) is 48.5 Å². The van der Waals surface area contributed by atoms with Crippen molar-refractivity contribution in [2.75, 3.05) is 19.8 Å². The molecule has 2 bridgehead atoms. The summed E-state index contributed by atoms with van der Waals surface area (Å²) in [5.41, 5.74) is -5.68. The minimum Gasteiger partial charge on any atom is -0.455 e. The lowest BCUT2D eigenvalue weighted by Gasteiger charge is -2.66. The lowest BCUT2D eigenvalue weighted by atomic mass is 9.47. The second-order valence-electron chi connectivity index (χ2n) is 24.5. The van der Waals surface area contributed by atoms with E-state index in [9.17, 15) is 34.2 Å². The molecule has 2 unspecified atom stereocenters.